The fourth-order valence-corrected chi connectivity index (χ4v) is 1.68. The zero-order chi connectivity index (χ0) is 8.85. The summed E-state index contributed by atoms with van der Waals surface area (Å²) in [6.07, 6.45) is 0.205. The molecule has 0 saturated carbocycles. The molecule has 0 rings (SSSR count). The normalized spacial score (nSPS) is 16.9. The smallest absolute Gasteiger partial charge is 0.0850 e. The maximum absolute atomic E-state index is 5.67. The van der Waals surface area contributed by atoms with Crippen LogP contribution in [0.4, 0.5) is 0 Å². The van der Waals surface area contributed by atoms with E-state index in [0.717, 1.165) is 0 Å². The van der Waals surface area contributed by atoms with Crippen LogP contribution in [0.15, 0.2) is 0 Å². The highest BCUT2D eigenvalue weighted by Gasteiger charge is 2.18. The molecule has 0 heterocycles. The lowest BCUT2D eigenvalue weighted by atomic mass is 10.3. The minimum Gasteiger partial charge on any atom is -0.373 e. The highest BCUT2D eigenvalue weighted by molar-refractivity contribution is 9.09. The largest absolute Gasteiger partial charge is 0.373 e. The zero-order valence-electron chi connectivity index (χ0n) is 6.69. The van der Waals surface area contributed by atoms with Crippen LogP contribution >= 0.6 is 39.1 Å². The van der Waals surface area contributed by atoms with E-state index in [1.165, 1.54) is 0 Å². The highest BCUT2D eigenvalue weighted by atomic mass is 79.9. The zero-order valence-corrected chi connectivity index (χ0v) is 9.79. The molecular formula is C7H13BrCl2O. The molecule has 0 aromatic heterocycles. The summed E-state index contributed by atoms with van der Waals surface area (Å²) in [6, 6.07) is 0. The van der Waals surface area contributed by atoms with Crippen molar-refractivity contribution < 1.29 is 4.74 Å². The van der Waals surface area contributed by atoms with Crippen molar-refractivity contribution in [1.29, 1.82) is 0 Å². The van der Waals surface area contributed by atoms with Crippen LogP contribution in [-0.2, 0) is 4.74 Å². The predicted octanol–water partition coefficient (Wildman–Crippen LogP) is 3.02. The Morgan fingerprint density at radius 2 is 1.82 bits per heavy atom. The second-order valence-corrected chi connectivity index (χ2v) is 4.34. The van der Waals surface area contributed by atoms with Crippen LogP contribution < -0.4 is 0 Å². The van der Waals surface area contributed by atoms with Gasteiger partial charge in [-0.3, -0.25) is 0 Å². The van der Waals surface area contributed by atoms with Gasteiger partial charge in [0.05, 0.1) is 17.0 Å². The van der Waals surface area contributed by atoms with Gasteiger partial charge in [0.2, 0.25) is 0 Å². The second kappa shape index (κ2) is 6.53. The van der Waals surface area contributed by atoms with Gasteiger partial charge >= 0.3 is 0 Å². The van der Waals surface area contributed by atoms with Gasteiger partial charge in [0, 0.05) is 11.8 Å². The minimum absolute atomic E-state index is 0.00849. The van der Waals surface area contributed by atoms with E-state index in [4.69, 9.17) is 27.9 Å². The molecular weight excluding hydrogens is 251 g/mol. The Hall–Kier alpha value is 1.02. The summed E-state index contributed by atoms with van der Waals surface area (Å²) in [5, 5.41) is 0. The van der Waals surface area contributed by atoms with Crippen molar-refractivity contribution in [2.45, 2.75) is 30.9 Å². The molecule has 0 aliphatic carbocycles. The molecule has 0 N–H and O–H groups in total. The predicted molar refractivity (Wildman–Crippen MR) is 54.2 cm³/mol. The summed E-state index contributed by atoms with van der Waals surface area (Å²) in [5.74, 6) is 0.991. The molecule has 2 atom stereocenters. The number of ether oxygens (including phenoxy) is 1. The van der Waals surface area contributed by atoms with E-state index >= 15 is 0 Å². The van der Waals surface area contributed by atoms with Crippen LogP contribution in [0.1, 0.15) is 13.8 Å². The van der Waals surface area contributed by atoms with Crippen molar-refractivity contribution in [1.82, 2.24) is 0 Å². The maximum atomic E-state index is 5.67. The molecule has 0 aromatic rings. The highest BCUT2D eigenvalue weighted by Crippen LogP contribution is 2.14. The lowest BCUT2D eigenvalue weighted by Crippen LogP contribution is -2.30. The summed E-state index contributed by atoms with van der Waals surface area (Å²) in [7, 11) is 0. The molecule has 11 heavy (non-hydrogen) atoms. The van der Waals surface area contributed by atoms with Crippen molar-refractivity contribution in [3.63, 3.8) is 0 Å². The van der Waals surface area contributed by atoms with E-state index in [-0.39, 0.29) is 17.0 Å². The van der Waals surface area contributed by atoms with E-state index in [1.807, 2.05) is 13.8 Å². The van der Waals surface area contributed by atoms with Crippen LogP contribution in [0.25, 0.3) is 0 Å². The number of halogens is 3. The minimum atomic E-state index is 0.00849. The lowest BCUT2D eigenvalue weighted by Gasteiger charge is -2.21. The first-order valence-corrected chi connectivity index (χ1v) is 5.51. The third-order valence-electron chi connectivity index (χ3n) is 1.15. The maximum Gasteiger partial charge on any atom is 0.0850 e. The summed E-state index contributed by atoms with van der Waals surface area (Å²) in [6.45, 7) is 3.96. The molecule has 0 amide bonds. The van der Waals surface area contributed by atoms with Crippen LogP contribution in [0.5, 0.6) is 0 Å². The monoisotopic (exact) mass is 262 g/mol. The fraction of sp³-hybridized carbons (Fsp3) is 1.00. The van der Waals surface area contributed by atoms with Gasteiger partial charge in [0.1, 0.15) is 0 Å². The standard InChI is InChI=1S/C7H13BrCl2O/c1-5(2)11-7(4-10)6(8)3-9/h5-7H,3-4H2,1-2H3. The SMILES string of the molecule is CC(C)OC(CCl)C(Br)CCl. The van der Waals surface area contributed by atoms with E-state index < -0.39 is 0 Å². The Bertz CT molecular complexity index is 100. The van der Waals surface area contributed by atoms with Gasteiger partial charge in [0.25, 0.3) is 0 Å². The Morgan fingerprint density at radius 3 is 2.09 bits per heavy atom. The van der Waals surface area contributed by atoms with Gasteiger partial charge in [0.15, 0.2) is 0 Å². The molecule has 2 unspecified atom stereocenters. The average Bonchev–Trinajstić information content (AvgIpc) is 1.98. The van der Waals surface area contributed by atoms with Gasteiger partial charge in [-0.25, -0.2) is 0 Å². The van der Waals surface area contributed by atoms with Gasteiger partial charge in [-0.15, -0.1) is 23.2 Å². The van der Waals surface area contributed by atoms with Crippen LogP contribution in [0.2, 0.25) is 0 Å². The summed E-state index contributed by atoms with van der Waals surface area (Å²) in [5.41, 5.74) is 0. The average molecular weight is 264 g/mol. The summed E-state index contributed by atoms with van der Waals surface area (Å²) in [4.78, 5) is 0.143. The Labute approximate surface area is 86.5 Å². The van der Waals surface area contributed by atoms with E-state index in [9.17, 15) is 0 Å². The molecule has 1 nitrogen and oxygen atoms in total. The number of hydrogen-bond acceptors (Lipinski definition) is 1. The molecule has 0 fully saturated rings. The first-order chi connectivity index (χ1) is 5.11. The van der Waals surface area contributed by atoms with Crippen molar-refractivity contribution >= 4 is 39.1 Å². The fourth-order valence-electron chi connectivity index (χ4n) is 0.667. The van der Waals surface area contributed by atoms with Crippen molar-refractivity contribution in [2.75, 3.05) is 11.8 Å². The Morgan fingerprint density at radius 1 is 1.27 bits per heavy atom. The number of rotatable bonds is 5. The Kier molecular flexibility index (Phi) is 7.13. The van der Waals surface area contributed by atoms with Crippen LogP contribution in [-0.4, -0.2) is 28.8 Å². The molecule has 68 valence electrons. The van der Waals surface area contributed by atoms with Crippen molar-refractivity contribution in [2.24, 2.45) is 0 Å². The van der Waals surface area contributed by atoms with Gasteiger partial charge in [-0.05, 0) is 13.8 Å². The third-order valence-corrected chi connectivity index (χ3v) is 3.07. The molecule has 0 aliphatic heterocycles. The molecule has 0 bridgehead atoms. The molecule has 0 saturated heterocycles. The molecule has 0 spiro atoms. The third kappa shape index (κ3) is 5.29. The van der Waals surface area contributed by atoms with E-state index in [2.05, 4.69) is 15.9 Å². The molecule has 0 aliphatic rings. The Balaban J connectivity index is 3.74. The van der Waals surface area contributed by atoms with Crippen molar-refractivity contribution in [3.8, 4) is 0 Å². The number of hydrogen-bond donors (Lipinski definition) is 0. The first kappa shape index (κ1) is 12.0. The number of alkyl halides is 3. The topological polar surface area (TPSA) is 9.23 Å². The van der Waals surface area contributed by atoms with Gasteiger partial charge in [-0.2, -0.15) is 0 Å². The second-order valence-electron chi connectivity index (χ2n) is 2.55. The summed E-state index contributed by atoms with van der Waals surface area (Å²) < 4.78 is 5.49. The molecule has 0 radical (unpaired) electrons. The van der Waals surface area contributed by atoms with Gasteiger partial charge in [-0.1, -0.05) is 15.9 Å². The molecule has 0 aromatic carbocycles. The van der Waals surface area contributed by atoms with Crippen LogP contribution in [0, 0.1) is 0 Å². The summed E-state index contributed by atoms with van der Waals surface area (Å²) >= 11 is 14.7. The van der Waals surface area contributed by atoms with Crippen LogP contribution in [0.3, 0.4) is 0 Å². The van der Waals surface area contributed by atoms with Crippen molar-refractivity contribution in [3.05, 3.63) is 0 Å². The quantitative estimate of drug-likeness (QED) is 0.693. The van der Waals surface area contributed by atoms with E-state index in [1.54, 1.807) is 0 Å². The lowest BCUT2D eigenvalue weighted by molar-refractivity contribution is 0.0238. The van der Waals surface area contributed by atoms with Gasteiger partial charge < -0.3 is 4.74 Å². The first-order valence-electron chi connectivity index (χ1n) is 3.53. The molecule has 4 heteroatoms. The van der Waals surface area contributed by atoms with E-state index in [0.29, 0.717) is 11.8 Å².